The molecule has 1 nitrogen and oxygen atoms in total. The Morgan fingerprint density at radius 3 is 1.86 bits per heavy atom. The summed E-state index contributed by atoms with van der Waals surface area (Å²) >= 11 is 0. The molecule has 0 heterocycles. The van der Waals surface area contributed by atoms with Crippen molar-refractivity contribution in [3.63, 3.8) is 0 Å². The van der Waals surface area contributed by atoms with Gasteiger partial charge in [-0.15, -0.1) is 0 Å². The van der Waals surface area contributed by atoms with Crippen LogP contribution in [0.1, 0.15) is 77.3 Å². The highest BCUT2D eigenvalue weighted by Crippen LogP contribution is 2.17. The highest BCUT2D eigenvalue weighted by atomic mass is 15.1. The summed E-state index contributed by atoms with van der Waals surface area (Å²) in [7, 11) is 0. The van der Waals surface area contributed by atoms with Crippen molar-refractivity contribution in [2.24, 2.45) is 5.92 Å². The van der Waals surface area contributed by atoms with Crippen LogP contribution in [0, 0.1) is 5.92 Å². The normalized spacial score (nSPS) is 13.0. The van der Waals surface area contributed by atoms with Crippen LogP contribution in [-0.2, 0) is 6.42 Å². The summed E-state index contributed by atoms with van der Waals surface area (Å²) in [5.74, 6) is 1.36. The summed E-state index contributed by atoms with van der Waals surface area (Å²) in [5, 5.41) is 0. The van der Waals surface area contributed by atoms with E-state index in [1.54, 1.807) is 0 Å². The molecule has 126 valence electrons. The minimum atomic E-state index is 0.630. The Bertz CT molecular complexity index is 371. The summed E-state index contributed by atoms with van der Waals surface area (Å²) < 4.78 is 0. The van der Waals surface area contributed by atoms with Gasteiger partial charge in [0.15, 0.2) is 0 Å². The Morgan fingerprint density at radius 2 is 1.41 bits per heavy atom. The Morgan fingerprint density at radius 1 is 0.864 bits per heavy atom. The van der Waals surface area contributed by atoms with E-state index in [1.807, 2.05) is 0 Å². The van der Waals surface area contributed by atoms with Gasteiger partial charge in [0, 0.05) is 6.54 Å². The average Bonchev–Trinajstić information content (AvgIpc) is 2.50. The first-order valence-corrected chi connectivity index (χ1v) is 9.38. The van der Waals surface area contributed by atoms with Crippen molar-refractivity contribution in [1.82, 2.24) is 4.90 Å². The Balaban J connectivity index is 2.48. The molecule has 0 aromatic heterocycles. The van der Waals surface area contributed by atoms with Gasteiger partial charge >= 0.3 is 0 Å². The predicted octanol–water partition coefficient (Wildman–Crippen LogP) is 5.89. The minimum Gasteiger partial charge on any atom is -0.303 e. The topological polar surface area (TPSA) is 3.24 Å². The molecule has 0 saturated carbocycles. The third kappa shape index (κ3) is 7.45. The summed E-state index contributed by atoms with van der Waals surface area (Å²) in [6, 6.07) is 9.26. The first-order chi connectivity index (χ1) is 10.6. The summed E-state index contributed by atoms with van der Waals surface area (Å²) in [6.45, 7) is 15.3. The van der Waals surface area contributed by atoms with E-state index in [0.717, 1.165) is 5.92 Å². The third-order valence-electron chi connectivity index (χ3n) is 4.46. The molecular weight excluding hydrogens is 266 g/mol. The van der Waals surface area contributed by atoms with Gasteiger partial charge in [-0.2, -0.15) is 0 Å². The highest BCUT2D eigenvalue weighted by molar-refractivity contribution is 5.24. The van der Waals surface area contributed by atoms with Gasteiger partial charge in [0.2, 0.25) is 0 Å². The molecule has 0 amide bonds. The number of rotatable bonds is 11. The zero-order valence-corrected chi connectivity index (χ0v) is 15.6. The first-order valence-electron chi connectivity index (χ1n) is 9.38. The van der Waals surface area contributed by atoms with E-state index in [9.17, 15) is 0 Å². The Kier molecular flexibility index (Phi) is 9.47. The number of hydrogen-bond acceptors (Lipinski definition) is 1. The molecular formula is C21H37N. The highest BCUT2D eigenvalue weighted by Gasteiger charge is 2.10. The van der Waals surface area contributed by atoms with Crippen LogP contribution < -0.4 is 0 Å². The lowest BCUT2D eigenvalue weighted by Crippen LogP contribution is -2.31. The van der Waals surface area contributed by atoms with Crippen LogP contribution in [0.4, 0.5) is 0 Å². The van der Waals surface area contributed by atoms with Gasteiger partial charge in [-0.05, 0) is 55.3 Å². The van der Waals surface area contributed by atoms with Crippen molar-refractivity contribution in [3.8, 4) is 0 Å². The van der Waals surface area contributed by atoms with E-state index in [-0.39, 0.29) is 0 Å². The van der Waals surface area contributed by atoms with Crippen LogP contribution in [0.25, 0.3) is 0 Å². The standard InChI is InChI=1S/C21H37N/c1-6-8-14-22(15-9-7-2)17-19(5)16-20-10-12-21(13-11-20)18(3)4/h10-13,18-19H,6-9,14-17H2,1-5H3. The summed E-state index contributed by atoms with van der Waals surface area (Å²) in [4.78, 5) is 2.68. The second-order valence-corrected chi connectivity index (χ2v) is 7.21. The van der Waals surface area contributed by atoms with Gasteiger partial charge in [0.1, 0.15) is 0 Å². The molecule has 0 aliphatic heterocycles. The van der Waals surface area contributed by atoms with Crippen LogP contribution in [0.3, 0.4) is 0 Å². The summed E-state index contributed by atoms with van der Waals surface area (Å²) in [5.41, 5.74) is 2.94. The van der Waals surface area contributed by atoms with Gasteiger partial charge in [0.25, 0.3) is 0 Å². The zero-order chi connectivity index (χ0) is 16.4. The smallest absolute Gasteiger partial charge is 0.00102 e. The average molecular weight is 304 g/mol. The minimum absolute atomic E-state index is 0.630. The fraction of sp³-hybridized carbons (Fsp3) is 0.714. The molecule has 0 aliphatic rings. The zero-order valence-electron chi connectivity index (χ0n) is 15.6. The lowest BCUT2D eigenvalue weighted by molar-refractivity contribution is 0.230. The van der Waals surface area contributed by atoms with Crippen LogP contribution in [-0.4, -0.2) is 24.5 Å². The molecule has 1 heteroatoms. The molecule has 1 aromatic carbocycles. The van der Waals surface area contributed by atoms with E-state index >= 15 is 0 Å². The lowest BCUT2D eigenvalue weighted by Gasteiger charge is -2.25. The molecule has 0 fully saturated rings. The number of unbranched alkanes of at least 4 members (excludes halogenated alkanes) is 2. The van der Waals surface area contributed by atoms with Gasteiger partial charge in [0.05, 0.1) is 0 Å². The maximum absolute atomic E-state index is 2.68. The van der Waals surface area contributed by atoms with E-state index in [2.05, 4.69) is 63.8 Å². The lowest BCUT2D eigenvalue weighted by atomic mass is 9.96. The van der Waals surface area contributed by atoms with Crippen molar-refractivity contribution < 1.29 is 0 Å². The monoisotopic (exact) mass is 303 g/mol. The molecule has 1 rings (SSSR count). The van der Waals surface area contributed by atoms with Crippen molar-refractivity contribution in [2.75, 3.05) is 19.6 Å². The molecule has 1 aromatic rings. The Hall–Kier alpha value is -0.820. The molecule has 0 spiro atoms. The van der Waals surface area contributed by atoms with E-state index < -0.39 is 0 Å². The van der Waals surface area contributed by atoms with Crippen molar-refractivity contribution in [2.45, 2.75) is 72.6 Å². The largest absolute Gasteiger partial charge is 0.303 e. The Labute approximate surface area is 139 Å². The molecule has 0 radical (unpaired) electrons. The fourth-order valence-corrected chi connectivity index (χ4v) is 3.00. The summed E-state index contributed by atoms with van der Waals surface area (Å²) in [6.07, 6.45) is 6.47. The fourth-order valence-electron chi connectivity index (χ4n) is 3.00. The molecule has 1 unspecified atom stereocenters. The number of hydrogen-bond donors (Lipinski definition) is 0. The van der Waals surface area contributed by atoms with Gasteiger partial charge in [-0.25, -0.2) is 0 Å². The second-order valence-electron chi connectivity index (χ2n) is 7.21. The van der Waals surface area contributed by atoms with Crippen molar-refractivity contribution >= 4 is 0 Å². The quantitative estimate of drug-likeness (QED) is 0.492. The molecule has 0 N–H and O–H groups in total. The van der Waals surface area contributed by atoms with E-state index in [4.69, 9.17) is 0 Å². The maximum atomic E-state index is 2.68. The van der Waals surface area contributed by atoms with E-state index in [0.29, 0.717) is 5.92 Å². The number of nitrogens with zero attached hydrogens (tertiary/aromatic N) is 1. The molecule has 1 atom stereocenters. The molecule has 0 aliphatic carbocycles. The van der Waals surface area contributed by atoms with Crippen LogP contribution in [0.5, 0.6) is 0 Å². The SMILES string of the molecule is CCCCN(CCCC)CC(C)Cc1ccc(C(C)C)cc1. The van der Waals surface area contributed by atoms with E-state index in [1.165, 1.54) is 62.9 Å². The third-order valence-corrected chi connectivity index (χ3v) is 4.46. The van der Waals surface area contributed by atoms with Gasteiger partial charge < -0.3 is 4.90 Å². The molecule has 0 bridgehead atoms. The first kappa shape index (κ1) is 19.2. The molecule has 22 heavy (non-hydrogen) atoms. The van der Waals surface area contributed by atoms with Gasteiger partial charge in [-0.1, -0.05) is 71.7 Å². The molecule has 0 saturated heterocycles. The van der Waals surface area contributed by atoms with Crippen molar-refractivity contribution in [1.29, 1.82) is 0 Å². The number of benzene rings is 1. The van der Waals surface area contributed by atoms with Crippen LogP contribution in [0.15, 0.2) is 24.3 Å². The van der Waals surface area contributed by atoms with Crippen LogP contribution in [0.2, 0.25) is 0 Å². The van der Waals surface area contributed by atoms with Crippen molar-refractivity contribution in [3.05, 3.63) is 35.4 Å². The maximum Gasteiger partial charge on any atom is 0.00102 e. The predicted molar refractivity (Wildman–Crippen MR) is 99.7 cm³/mol. The van der Waals surface area contributed by atoms with Gasteiger partial charge in [-0.3, -0.25) is 0 Å². The second kappa shape index (κ2) is 10.8. The van der Waals surface area contributed by atoms with Crippen LogP contribution >= 0.6 is 0 Å².